The third kappa shape index (κ3) is 4.27. The molecule has 1 aromatic heterocycles. The van der Waals surface area contributed by atoms with Gasteiger partial charge in [0.05, 0.1) is 11.4 Å². The molecule has 1 aliphatic carbocycles. The lowest BCUT2D eigenvalue weighted by Gasteiger charge is -2.38. The summed E-state index contributed by atoms with van der Waals surface area (Å²) in [5.74, 6) is 0. The Hall–Kier alpha value is -0.930. The highest BCUT2D eigenvalue weighted by Gasteiger charge is 2.28. The van der Waals surface area contributed by atoms with Crippen molar-refractivity contribution < 1.29 is 0 Å². The van der Waals surface area contributed by atoms with Crippen LogP contribution in [0.25, 0.3) is 0 Å². The van der Waals surface area contributed by atoms with Gasteiger partial charge in [-0.25, -0.2) is 0 Å². The Bertz CT molecular complexity index is 459. The standard InChI is InChI=1S/C18H29N3/c1-3-18(2)9-11-21(12-10-18)14-17-6-4-5-16(20-17)13-19-15-7-8-15/h4-6,15,19H,3,7-14H2,1-2H3. The number of rotatable bonds is 6. The van der Waals surface area contributed by atoms with Crippen LogP contribution in [0, 0.1) is 5.41 Å². The van der Waals surface area contributed by atoms with E-state index in [0.29, 0.717) is 5.41 Å². The third-order valence-corrected chi connectivity index (χ3v) is 5.32. The number of aromatic nitrogens is 1. The molecule has 1 saturated carbocycles. The largest absolute Gasteiger partial charge is 0.308 e. The van der Waals surface area contributed by atoms with Crippen LogP contribution >= 0.6 is 0 Å². The molecule has 0 aromatic carbocycles. The normalized spacial score (nSPS) is 22.4. The molecule has 0 unspecified atom stereocenters. The molecule has 0 bridgehead atoms. The summed E-state index contributed by atoms with van der Waals surface area (Å²) >= 11 is 0. The maximum Gasteiger partial charge on any atom is 0.0547 e. The average Bonchev–Trinajstić information content (AvgIpc) is 3.33. The smallest absolute Gasteiger partial charge is 0.0547 e. The Morgan fingerprint density at radius 2 is 1.95 bits per heavy atom. The number of piperidine rings is 1. The molecule has 0 radical (unpaired) electrons. The van der Waals surface area contributed by atoms with Gasteiger partial charge in [0.1, 0.15) is 0 Å². The van der Waals surface area contributed by atoms with E-state index < -0.39 is 0 Å². The van der Waals surface area contributed by atoms with Crippen molar-refractivity contribution in [2.75, 3.05) is 13.1 Å². The summed E-state index contributed by atoms with van der Waals surface area (Å²) in [4.78, 5) is 7.39. The Labute approximate surface area is 129 Å². The number of pyridine rings is 1. The molecule has 0 spiro atoms. The molecule has 2 fully saturated rings. The van der Waals surface area contributed by atoms with Gasteiger partial charge in [0.15, 0.2) is 0 Å². The van der Waals surface area contributed by atoms with Crippen molar-refractivity contribution in [2.24, 2.45) is 5.41 Å². The minimum atomic E-state index is 0.569. The first kappa shape index (κ1) is 15.0. The Morgan fingerprint density at radius 1 is 1.24 bits per heavy atom. The fraction of sp³-hybridized carbons (Fsp3) is 0.722. The minimum absolute atomic E-state index is 0.569. The van der Waals surface area contributed by atoms with Gasteiger partial charge in [0.2, 0.25) is 0 Å². The second-order valence-corrected chi connectivity index (χ2v) is 7.22. The fourth-order valence-electron chi connectivity index (χ4n) is 3.09. The molecule has 0 amide bonds. The zero-order valence-corrected chi connectivity index (χ0v) is 13.6. The summed E-state index contributed by atoms with van der Waals surface area (Å²) in [5, 5.41) is 3.55. The quantitative estimate of drug-likeness (QED) is 0.869. The number of nitrogens with zero attached hydrogens (tertiary/aromatic N) is 2. The third-order valence-electron chi connectivity index (χ3n) is 5.32. The van der Waals surface area contributed by atoms with Crippen LogP contribution in [0.15, 0.2) is 18.2 Å². The molecular weight excluding hydrogens is 258 g/mol. The monoisotopic (exact) mass is 287 g/mol. The number of hydrogen-bond acceptors (Lipinski definition) is 3. The second-order valence-electron chi connectivity index (χ2n) is 7.22. The van der Waals surface area contributed by atoms with E-state index in [-0.39, 0.29) is 0 Å². The van der Waals surface area contributed by atoms with E-state index in [2.05, 4.69) is 42.3 Å². The molecule has 1 saturated heterocycles. The lowest BCUT2D eigenvalue weighted by Crippen LogP contribution is -2.38. The molecule has 3 heteroatoms. The zero-order chi connectivity index (χ0) is 14.7. The topological polar surface area (TPSA) is 28.2 Å². The Morgan fingerprint density at radius 3 is 2.62 bits per heavy atom. The first-order chi connectivity index (χ1) is 10.2. The maximum atomic E-state index is 4.82. The van der Waals surface area contributed by atoms with Gasteiger partial charge in [-0.2, -0.15) is 0 Å². The van der Waals surface area contributed by atoms with Crippen LogP contribution in [0.4, 0.5) is 0 Å². The zero-order valence-electron chi connectivity index (χ0n) is 13.6. The van der Waals surface area contributed by atoms with Gasteiger partial charge in [-0.3, -0.25) is 9.88 Å². The lowest BCUT2D eigenvalue weighted by atomic mass is 9.78. The number of hydrogen-bond donors (Lipinski definition) is 1. The van der Waals surface area contributed by atoms with Crippen LogP contribution in [0.2, 0.25) is 0 Å². The highest BCUT2D eigenvalue weighted by Crippen LogP contribution is 2.34. The molecule has 3 rings (SSSR count). The lowest BCUT2D eigenvalue weighted by molar-refractivity contribution is 0.108. The van der Waals surface area contributed by atoms with E-state index in [9.17, 15) is 0 Å². The van der Waals surface area contributed by atoms with Crippen LogP contribution in [-0.4, -0.2) is 29.0 Å². The SMILES string of the molecule is CCC1(C)CCN(Cc2cccc(CNC3CC3)n2)CC1. The molecule has 1 N–H and O–H groups in total. The molecule has 2 aliphatic rings. The molecular formula is C18H29N3. The molecule has 1 aromatic rings. The predicted molar refractivity (Wildman–Crippen MR) is 87.0 cm³/mol. The summed E-state index contributed by atoms with van der Waals surface area (Å²) in [6, 6.07) is 7.23. The summed E-state index contributed by atoms with van der Waals surface area (Å²) in [5.41, 5.74) is 2.99. The van der Waals surface area contributed by atoms with Crippen LogP contribution in [0.3, 0.4) is 0 Å². The van der Waals surface area contributed by atoms with E-state index in [1.165, 1.54) is 56.6 Å². The van der Waals surface area contributed by atoms with Crippen molar-refractivity contribution in [1.29, 1.82) is 0 Å². The fourth-order valence-corrected chi connectivity index (χ4v) is 3.09. The van der Waals surface area contributed by atoms with Crippen LogP contribution in [0.1, 0.15) is 57.3 Å². The van der Waals surface area contributed by atoms with Crippen LogP contribution in [-0.2, 0) is 13.1 Å². The van der Waals surface area contributed by atoms with Gasteiger partial charge in [0.25, 0.3) is 0 Å². The summed E-state index contributed by atoms with van der Waals surface area (Å²) in [6.45, 7) is 9.14. The van der Waals surface area contributed by atoms with Gasteiger partial charge in [-0.15, -0.1) is 0 Å². The number of nitrogens with one attached hydrogen (secondary N) is 1. The first-order valence-corrected chi connectivity index (χ1v) is 8.57. The van der Waals surface area contributed by atoms with Crippen molar-refractivity contribution in [1.82, 2.24) is 15.2 Å². The molecule has 1 aliphatic heterocycles. The van der Waals surface area contributed by atoms with E-state index in [4.69, 9.17) is 4.98 Å². The predicted octanol–water partition coefficient (Wildman–Crippen LogP) is 3.35. The van der Waals surface area contributed by atoms with Gasteiger partial charge in [-0.05, 0) is 56.3 Å². The van der Waals surface area contributed by atoms with E-state index in [1.54, 1.807) is 0 Å². The van der Waals surface area contributed by atoms with Crippen LogP contribution < -0.4 is 5.32 Å². The van der Waals surface area contributed by atoms with E-state index in [0.717, 1.165) is 19.1 Å². The Balaban J connectivity index is 1.51. The van der Waals surface area contributed by atoms with Gasteiger partial charge >= 0.3 is 0 Å². The minimum Gasteiger partial charge on any atom is -0.308 e. The van der Waals surface area contributed by atoms with Crippen molar-refractivity contribution in [3.63, 3.8) is 0 Å². The van der Waals surface area contributed by atoms with E-state index >= 15 is 0 Å². The second kappa shape index (κ2) is 6.45. The highest BCUT2D eigenvalue weighted by molar-refractivity contribution is 5.11. The van der Waals surface area contributed by atoms with Gasteiger partial charge < -0.3 is 5.32 Å². The van der Waals surface area contributed by atoms with Crippen molar-refractivity contribution >= 4 is 0 Å². The highest BCUT2D eigenvalue weighted by atomic mass is 15.1. The van der Waals surface area contributed by atoms with E-state index in [1.807, 2.05) is 0 Å². The molecule has 2 heterocycles. The van der Waals surface area contributed by atoms with Crippen molar-refractivity contribution in [3.05, 3.63) is 29.6 Å². The summed E-state index contributed by atoms with van der Waals surface area (Å²) in [6.07, 6.45) is 6.63. The average molecular weight is 287 g/mol. The van der Waals surface area contributed by atoms with Crippen LogP contribution in [0.5, 0.6) is 0 Å². The summed E-state index contributed by atoms with van der Waals surface area (Å²) in [7, 11) is 0. The number of likely N-dealkylation sites (tertiary alicyclic amines) is 1. The summed E-state index contributed by atoms with van der Waals surface area (Å²) < 4.78 is 0. The molecule has 3 nitrogen and oxygen atoms in total. The first-order valence-electron chi connectivity index (χ1n) is 8.57. The maximum absolute atomic E-state index is 4.82. The van der Waals surface area contributed by atoms with Crippen molar-refractivity contribution in [2.45, 2.75) is 65.1 Å². The van der Waals surface area contributed by atoms with Crippen molar-refractivity contribution in [3.8, 4) is 0 Å². The molecule has 21 heavy (non-hydrogen) atoms. The van der Waals surface area contributed by atoms with Gasteiger partial charge in [-0.1, -0.05) is 26.3 Å². The van der Waals surface area contributed by atoms with Gasteiger partial charge in [0, 0.05) is 19.1 Å². The molecule has 116 valence electrons. The molecule has 0 atom stereocenters. The Kier molecular flexibility index (Phi) is 4.60.